The van der Waals surface area contributed by atoms with Gasteiger partial charge in [0.2, 0.25) is 0 Å². The molecule has 0 aromatic carbocycles. The van der Waals surface area contributed by atoms with Crippen molar-refractivity contribution in [3.8, 4) is 11.3 Å². The van der Waals surface area contributed by atoms with E-state index in [1.54, 1.807) is 17.5 Å². The molecule has 96 valence electrons. The minimum absolute atomic E-state index is 0.518. The number of aryl methyl sites for hydroxylation is 2. The van der Waals surface area contributed by atoms with Crippen molar-refractivity contribution in [2.45, 2.75) is 13.0 Å². The van der Waals surface area contributed by atoms with Crippen molar-refractivity contribution in [3.63, 3.8) is 0 Å². The zero-order valence-electron chi connectivity index (χ0n) is 10.2. The summed E-state index contributed by atoms with van der Waals surface area (Å²) in [5.41, 5.74) is 10.8. The van der Waals surface area contributed by atoms with Gasteiger partial charge in [-0.15, -0.1) is 11.3 Å². The van der Waals surface area contributed by atoms with Crippen LogP contribution in [-0.2, 0) is 13.0 Å². The molecule has 0 fully saturated rings. The molecule has 0 atom stereocenters. The van der Waals surface area contributed by atoms with Crippen LogP contribution in [0.3, 0.4) is 0 Å². The highest BCUT2D eigenvalue weighted by Crippen LogP contribution is 2.20. The number of nitrogens with two attached hydrogens (primary N) is 1. The molecule has 3 aromatic heterocycles. The van der Waals surface area contributed by atoms with Gasteiger partial charge in [0, 0.05) is 30.1 Å². The van der Waals surface area contributed by atoms with Gasteiger partial charge in [0.1, 0.15) is 5.82 Å². The van der Waals surface area contributed by atoms with Crippen LogP contribution < -0.4 is 5.73 Å². The lowest BCUT2D eigenvalue weighted by Gasteiger charge is -2.07. The molecule has 0 aliphatic heterocycles. The Labute approximate surface area is 114 Å². The number of hydrogen-bond acceptors (Lipinski definition) is 5. The van der Waals surface area contributed by atoms with Gasteiger partial charge in [-0.2, -0.15) is 0 Å². The molecule has 0 amide bonds. The molecule has 0 saturated carbocycles. The molecule has 5 nitrogen and oxygen atoms in total. The van der Waals surface area contributed by atoms with Gasteiger partial charge in [0.25, 0.3) is 0 Å². The van der Waals surface area contributed by atoms with Gasteiger partial charge in [-0.3, -0.25) is 0 Å². The van der Waals surface area contributed by atoms with E-state index in [1.807, 2.05) is 30.2 Å². The summed E-state index contributed by atoms with van der Waals surface area (Å²) in [7, 11) is 0. The highest BCUT2D eigenvalue weighted by molar-refractivity contribution is 7.07. The molecule has 0 radical (unpaired) electrons. The third-order valence-corrected chi connectivity index (χ3v) is 3.52. The summed E-state index contributed by atoms with van der Waals surface area (Å²) in [6.07, 6.45) is 6.28. The zero-order valence-corrected chi connectivity index (χ0v) is 11.0. The quantitative estimate of drug-likeness (QED) is 0.790. The highest BCUT2D eigenvalue weighted by Gasteiger charge is 2.06. The van der Waals surface area contributed by atoms with Gasteiger partial charge in [-0.1, -0.05) is 0 Å². The van der Waals surface area contributed by atoms with Crippen LogP contribution in [-0.4, -0.2) is 19.5 Å². The first-order chi connectivity index (χ1) is 9.33. The average Bonchev–Trinajstić information content (AvgIpc) is 3.08. The number of nitrogens with zero attached hydrogens (tertiary/aromatic N) is 4. The summed E-state index contributed by atoms with van der Waals surface area (Å²) < 4.78 is 2.11. The van der Waals surface area contributed by atoms with Crippen molar-refractivity contribution in [1.82, 2.24) is 19.5 Å². The van der Waals surface area contributed by atoms with Crippen LogP contribution in [0.15, 0.2) is 41.7 Å². The fourth-order valence-electron chi connectivity index (χ4n) is 1.94. The fraction of sp³-hybridized carbons (Fsp3) is 0.154. The van der Waals surface area contributed by atoms with Crippen molar-refractivity contribution in [3.05, 3.63) is 47.4 Å². The second-order valence-electron chi connectivity index (χ2n) is 4.17. The fourth-order valence-corrected chi connectivity index (χ4v) is 2.54. The number of hydrogen-bond donors (Lipinski definition) is 1. The predicted octanol–water partition coefficient (Wildman–Crippen LogP) is 2.23. The van der Waals surface area contributed by atoms with E-state index in [1.165, 1.54) is 0 Å². The number of rotatable bonds is 4. The van der Waals surface area contributed by atoms with Crippen molar-refractivity contribution in [2.75, 3.05) is 5.73 Å². The van der Waals surface area contributed by atoms with E-state index < -0.39 is 0 Å². The Morgan fingerprint density at radius 2 is 2.26 bits per heavy atom. The van der Waals surface area contributed by atoms with Gasteiger partial charge < -0.3 is 10.3 Å². The Morgan fingerprint density at radius 3 is 3.05 bits per heavy atom. The van der Waals surface area contributed by atoms with Gasteiger partial charge >= 0.3 is 0 Å². The van der Waals surface area contributed by atoms with Crippen LogP contribution in [0.25, 0.3) is 11.3 Å². The molecular weight excluding hydrogens is 258 g/mol. The third kappa shape index (κ3) is 2.63. The summed E-state index contributed by atoms with van der Waals surface area (Å²) >= 11 is 1.62. The Morgan fingerprint density at radius 1 is 1.32 bits per heavy atom. The second-order valence-corrected chi connectivity index (χ2v) is 4.89. The number of thiazole rings is 1. The number of pyridine rings is 1. The molecule has 0 bridgehead atoms. The van der Waals surface area contributed by atoms with Crippen LogP contribution in [0.1, 0.15) is 5.69 Å². The summed E-state index contributed by atoms with van der Waals surface area (Å²) in [6.45, 7) is 0.849. The van der Waals surface area contributed by atoms with E-state index in [0.29, 0.717) is 5.82 Å². The van der Waals surface area contributed by atoms with E-state index >= 15 is 0 Å². The molecule has 2 N–H and O–H groups in total. The normalized spacial score (nSPS) is 10.7. The first kappa shape index (κ1) is 11.9. The lowest BCUT2D eigenvalue weighted by molar-refractivity contribution is 0.693. The largest absolute Gasteiger partial charge is 0.384 e. The lowest BCUT2D eigenvalue weighted by Crippen LogP contribution is -2.02. The first-order valence-electron chi connectivity index (χ1n) is 5.92. The van der Waals surface area contributed by atoms with Crippen LogP contribution in [0.4, 0.5) is 5.82 Å². The molecule has 3 rings (SSSR count). The number of imidazole rings is 1. The van der Waals surface area contributed by atoms with Gasteiger partial charge in [0.05, 0.1) is 29.4 Å². The Balaban J connectivity index is 1.82. The SMILES string of the molecule is Nc1cc(-c2cncn2CCc2cscn2)ccn1. The van der Waals surface area contributed by atoms with Gasteiger partial charge in [-0.25, -0.2) is 15.0 Å². The van der Waals surface area contributed by atoms with Crippen molar-refractivity contribution in [1.29, 1.82) is 0 Å². The van der Waals surface area contributed by atoms with E-state index in [2.05, 4.69) is 24.9 Å². The Hall–Kier alpha value is -2.21. The monoisotopic (exact) mass is 271 g/mol. The smallest absolute Gasteiger partial charge is 0.123 e. The van der Waals surface area contributed by atoms with E-state index in [9.17, 15) is 0 Å². The van der Waals surface area contributed by atoms with Crippen LogP contribution in [0.2, 0.25) is 0 Å². The molecular formula is C13H13N5S. The molecule has 0 unspecified atom stereocenters. The average molecular weight is 271 g/mol. The summed E-state index contributed by atoms with van der Waals surface area (Å²) in [5.74, 6) is 0.518. The van der Waals surface area contributed by atoms with Crippen LogP contribution >= 0.6 is 11.3 Å². The van der Waals surface area contributed by atoms with Crippen LogP contribution in [0.5, 0.6) is 0 Å². The molecule has 0 saturated heterocycles. The standard InChI is InChI=1S/C13H13N5S/c14-13-5-10(1-3-16-13)12-6-15-8-18(12)4-2-11-7-19-9-17-11/h1,3,5-9H,2,4H2,(H2,14,16). The maximum absolute atomic E-state index is 5.72. The number of nitrogen functional groups attached to an aromatic ring is 1. The zero-order chi connectivity index (χ0) is 13.1. The number of anilines is 1. The molecule has 0 spiro atoms. The van der Waals surface area contributed by atoms with Crippen molar-refractivity contribution < 1.29 is 0 Å². The minimum Gasteiger partial charge on any atom is -0.384 e. The first-order valence-corrected chi connectivity index (χ1v) is 6.86. The van der Waals surface area contributed by atoms with E-state index in [4.69, 9.17) is 5.73 Å². The molecule has 3 aromatic rings. The number of aromatic nitrogens is 4. The van der Waals surface area contributed by atoms with Crippen molar-refractivity contribution >= 4 is 17.2 Å². The molecule has 0 aliphatic rings. The maximum atomic E-state index is 5.72. The summed E-state index contributed by atoms with van der Waals surface area (Å²) in [6, 6.07) is 3.79. The Kier molecular flexibility index (Phi) is 3.24. The van der Waals surface area contributed by atoms with E-state index in [-0.39, 0.29) is 0 Å². The highest BCUT2D eigenvalue weighted by atomic mass is 32.1. The second kappa shape index (κ2) is 5.19. The van der Waals surface area contributed by atoms with Crippen LogP contribution in [0, 0.1) is 0 Å². The minimum atomic E-state index is 0.518. The van der Waals surface area contributed by atoms with E-state index in [0.717, 1.165) is 29.9 Å². The predicted molar refractivity (Wildman–Crippen MR) is 75.7 cm³/mol. The molecule has 3 heterocycles. The molecule has 19 heavy (non-hydrogen) atoms. The van der Waals surface area contributed by atoms with Crippen molar-refractivity contribution in [2.24, 2.45) is 0 Å². The summed E-state index contributed by atoms with van der Waals surface area (Å²) in [4.78, 5) is 12.5. The summed E-state index contributed by atoms with van der Waals surface area (Å²) in [5, 5.41) is 2.07. The maximum Gasteiger partial charge on any atom is 0.123 e. The lowest BCUT2D eigenvalue weighted by atomic mass is 10.2. The Bertz CT molecular complexity index is 659. The van der Waals surface area contributed by atoms with Gasteiger partial charge in [0.15, 0.2) is 0 Å². The topological polar surface area (TPSA) is 69.6 Å². The molecule has 0 aliphatic carbocycles. The molecule has 6 heteroatoms. The third-order valence-electron chi connectivity index (χ3n) is 2.88. The van der Waals surface area contributed by atoms with Gasteiger partial charge in [-0.05, 0) is 12.1 Å².